The standard InChI is InChI=1S/C26H32ClF3N8O4/c1-6-18(33-4)22(36-9-11-37(12-10-36)24(41)21(31)23(40)15(2)32-3)25(42)38(34-5)14-20(39)35-19-8-7-16(13-17(19)27)26(28,29)30/h7-8,13,31,33,40H,3,5-6,9-12,14H2,1-2,4H3,(H,35,39)/b22-18+,23-15+,31-21?. The molecular formula is C26H32ClF3N8O4. The van der Waals surface area contributed by atoms with Gasteiger partial charge < -0.3 is 25.5 Å². The highest BCUT2D eigenvalue weighted by atomic mass is 35.5. The average Bonchev–Trinajstić information content (AvgIpc) is 2.97. The largest absolute Gasteiger partial charge is 0.504 e. The van der Waals surface area contributed by atoms with E-state index in [1.54, 1.807) is 18.9 Å². The monoisotopic (exact) mass is 612 g/mol. The first-order valence-electron chi connectivity index (χ1n) is 12.6. The Morgan fingerprint density at radius 2 is 1.76 bits per heavy atom. The number of carbonyl (C=O) groups excluding carboxylic acids is 3. The Kier molecular flexibility index (Phi) is 11.7. The maximum Gasteiger partial charge on any atom is 0.416 e. The topological polar surface area (TPSA) is 154 Å². The smallest absolute Gasteiger partial charge is 0.416 e. The van der Waals surface area contributed by atoms with Crippen LogP contribution in [0.25, 0.3) is 0 Å². The molecule has 0 spiro atoms. The molecule has 4 N–H and O–H groups in total. The summed E-state index contributed by atoms with van der Waals surface area (Å²) in [6, 6.07) is 2.44. The number of carbonyl (C=O) groups is 3. The SMILES string of the molecule is C=N/C(C)=C(/O)C(=N)C(=O)N1CCN(/C(C(=O)N(CC(=O)Nc2ccc(C(F)(F)F)cc2Cl)N=C)=C(\CC)NC)CC1. The van der Waals surface area contributed by atoms with Gasteiger partial charge in [0.1, 0.15) is 12.2 Å². The van der Waals surface area contributed by atoms with Gasteiger partial charge in [-0.3, -0.25) is 24.8 Å². The number of hydrogen-bond acceptors (Lipinski definition) is 9. The number of hydrazone groups is 1. The third kappa shape index (κ3) is 8.09. The Morgan fingerprint density at radius 3 is 2.24 bits per heavy atom. The highest BCUT2D eigenvalue weighted by Gasteiger charge is 2.33. The number of nitrogens with zero attached hydrogens (tertiary/aromatic N) is 5. The average molecular weight is 613 g/mol. The number of aliphatic hydroxyl groups is 1. The van der Waals surface area contributed by atoms with Gasteiger partial charge >= 0.3 is 6.18 Å². The zero-order valence-electron chi connectivity index (χ0n) is 23.3. The first kappa shape index (κ1) is 33.8. The highest BCUT2D eigenvalue weighted by Crippen LogP contribution is 2.33. The first-order chi connectivity index (χ1) is 19.7. The summed E-state index contributed by atoms with van der Waals surface area (Å²) in [6.07, 6.45) is -4.22. The van der Waals surface area contributed by atoms with Gasteiger partial charge in [-0.25, -0.2) is 5.01 Å². The van der Waals surface area contributed by atoms with Gasteiger partial charge in [0, 0.05) is 45.6 Å². The predicted molar refractivity (Wildman–Crippen MR) is 153 cm³/mol. The Labute approximate surface area is 245 Å². The second kappa shape index (κ2) is 14.5. The molecule has 0 unspecified atom stereocenters. The minimum atomic E-state index is -4.61. The van der Waals surface area contributed by atoms with E-state index in [1.807, 2.05) is 0 Å². The third-order valence-corrected chi connectivity index (χ3v) is 6.64. The van der Waals surface area contributed by atoms with E-state index < -0.39 is 47.5 Å². The number of alkyl halides is 3. The summed E-state index contributed by atoms with van der Waals surface area (Å²) in [5.74, 6) is -2.78. The van der Waals surface area contributed by atoms with Gasteiger partial charge in [0.2, 0.25) is 5.91 Å². The number of hydrogen-bond donors (Lipinski definition) is 4. The van der Waals surface area contributed by atoms with Crippen LogP contribution in [0, 0.1) is 5.41 Å². The molecule has 16 heteroatoms. The van der Waals surface area contributed by atoms with Crippen LogP contribution in [0.5, 0.6) is 0 Å². The first-order valence-corrected chi connectivity index (χ1v) is 12.9. The van der Waals surface area contributed by atoms with Crippen molar-refractivity contribution in [1.29, 1.82) is 5.41 Å². The van der Waals surface area contributed by atoms with Crippen molar-refractivity contribution in [3.63, 3.8) is 0 Å². The van der Waals surface area contributed by atoms with E-state index in [4.69, 9.17) is 17.0 Å². The number of amides is 3. The molecule has 42 heavy (non-hydrogen) atoms. The molecule has 1 fully saturated rings. The van der Waals surface area contributed by atoms with Crippen molar-refractivity contribution in [3.8, 4) is 0 Å². The lowest BCUT2D eigenvalue weighted by Gasteiger charge is -2.38. The molecule has 12 nitrogen and oxygen atoms in total. The Balaban J connectivity index is 2.20. The van der Waals surface area contributed by atoms with Gasteiger partial charge in [0.25, 0.3) is 11.8 Å². The molecule has 0 aromatic heterocycles. The van der Waals surface area contributed by atoms with Crippen LogP contribution in [0.3, 0.4) is 0 Å². The highest BCUT2D eigenvalue weighted by molar-refractivity contribution is 6.43. The molecule has 1 aromatic rings. The molecule has 1 aliphatic rings. The van der Waals surface area contributed by atoms with Gasteiger partial charge in [-0.1, -0.05) is 18.5 Å². The number of nitrogens with one attached hydrogen (secondary N) is 3. The van der Waals surface area contributed by atoms with Crippen molar-refractivity contribution in [2.75, 3.05) is 45.1 Å². The fourth-order valence-corrected chi connectivity index (χ4v) is 4.22. The summed E-state index contributed by atoms with van der Waals surface area (Å²) in [7, 11) is 1.61. The molecule has 0 saturated carbocycles. The second-order valence-electron chi connectivity index (χ2n) is 8.92. The zero-order chi connectivity index (χ0) is 31.8. The quantitative estimate of drug-likeness (QED) is 0.130. The summed E-state index contributed by atoms with van der Waals surface area (Å²) < 4.78 is 38.8. The molecule has 0 radical (unpaired) electrons. The lowest BCUT2D eigenvalue weighted by molar-refractivity contribution is -0.137. The van der Waals surface area contributed by atoms with Crippen LogP contribution in [0.15, 0.2) is 51.1 Å². The number of halogens is 4. The van der Waals surface area contributed by atoms with Gasteiger partial charge in [-0.05, 0) is 38.3 Å². The molecular weight excluding hydrogens is 581 g/mol. The van der Waals surface area contributed by atoms with Crippen LogP contribution >= 0.6 is 11.6 Å². The van der Waals surface area contributed by atoms with E-state index in [0.29, 0.717) is 18.2 Å². The molecule has 1 aromatic carbocycles. The maximum absolute atomic E-state index is 13.6. The normalized spacial score (nSPS) is 14.7. The van der Waals surface area contributed by atoms with Crippen molar-refractivity contribution < 1.29 is 32.7 Å². The third-order valence-electron chi connectivity index (χ3n) is 6.33. The van der Waals surface area contributed by atoms with Crippen LogP contribution in [-0.4, -0.2) is 96.6 Å². The minimum Gasteiger partial charge on any atom is -0.504 e. The lowest BCUT2D eigenvalue weighted by atomic mass is 10.1. The summed E-state index contributed by atoms with van der Waals surface area (Å²) in [6.45, 7) is 9.80. The van der Waals surface area contributed by atoms with Crippen molar-refractivity contribution in [2.24, 2.45) is 10.1 Å². The van der Waals surface area contributed by atoms with Crippen LogP contribution in [0.4, 0.5) is 18.9 Å². The van der Waals surface area contributed by atoms with Gasteiger partial charge in [0.05, 0.1) is 22.0 Å². The fourth-order valence-electron chi connectivity index (χ4n) is 3.99. The number of benzene rings is 1. The summed E-state index contributed by atoms with van der Waals surface area (Å²) in [5.41, 5.74) is -0.987. The predicted octanol–water partition coefficient (Wildman–Crippen LogP) is 3.24. The molecule has 1 aliphatic heterocycles. The van der Waals surface area contributed by atoms with Crippen LogP contribution < -0.4 is 10.6 Å². The van der Waals surface area contributed by atoms with E-state index in [-0.39, 0.29) is 48.3 Å². The van der Waals surface area contributed by atoms with Gasteiger partial charge in [0.15, 0.2) is 11.5 Å². The summed E-state index contributed by atoms with van der Waals surface area (Å²) >= 11 is 5.92. The number of aliphatic imine (C=N–C) groups is 1. The molecule has 0 atom stereocenters. The van der Waals surface area contributed by atoms with Crippen molar-refractivity contribution in [2.45, 2.75) is 26.4 Å². The number of aliphatic hydroxyl groups excluding tert-OH is 1. The van der Waals surface area contributed by atoms with Crippen LogP contribution in [-0.2, 0) is 20.6 Å². The molecule has 0 aliphatic carbocycles. The number of rotatable bonds is 11. The van der Waals surface area contributed by atoms with E-state index in [2.05, 4.69) is 34.2 Å². The van der Waals surface area contributed by atoms with Gasteiger partial charge in [-0.15, -0.1) is 0 Å². The Morgan fingerprint density at radius 1 is 1.17 bits per heavy atom. The number of anilines is 1. The fraction of sp³-hybridized carbons (Fsp3) is 0.385. The van der Waals surface area contributed by atoms with E-state index in [9.17, 15) is 32.7 Å². The molecule has 3 amide bonds. The summed E-state index contributed by atoms with van der Waals surface area (Å²) in [4.78, 5) is 45.6. The lowest BCUT2D eigenvalue weighted by Crippen LogP contribution is -2.52. The molecule has 228 valence electrons. The molecule has 2 rings (SSSR count). The Hall–Kier alpha value is -4.40. The van der Waals surface area contributed by atoms with Crippen molar-refractivity contribution in [3.05, 3.63) is 51.6 Å². The molecule has 0 bridgehead atoms. The molecule has 1 heterocycles. The summed E-state index contributed by atoms with van der Waals surface area (Å²) in [5, 5.41) is 27.5. The van der Waals surface area contributed by atoms with Crippen LogP contribution in [0.1, 0.15) is 25.8 Å². The van der Waals surface area contributed by atoms with Crippen molar-refractivity contribution in [1.82, 2.24) is 20.1 Å². The minimum absolute atomic E-state index is 0.0334. The zero-order valence-corrected chi connectivity index (χ0v) is 24.1. The van der Waals surface area contributed by atoms with E-state index >= 15 is 0 Å². The van der Waals surface area contributed by atoms with E-state index in [0.717, 1.165) is 17.1 Å². The van der Waals surface area contributed by atoms with E-state index in [1.165, 1.54) is 11.8 Å². The second-order valence-corrected chi connectivity index (χ2v) is 9.33. The van der Waals surface area contributed by atoms with Crippen molar-refractivity contribution >= 4 is 54.2 Å². The van der Waals surface area contributed by atoms with Gasteiger partial charge in [-0.2, -0.15) is 18.3 Å². The Bertz CT molecular complexity index is 1310. The molecule has 1 saturated heterocycles. The van der Waals surface area contributed by atoms with Crippen LogP contribution in [0.2, 0.25) is 5.02 Å². The maximum atomic E-state index is 13.6. The number of piperazine rings is 1. The number of allylic oxidation sites excluding steroid dienone is 2.